The van der Waals surface area contributed by atoms with E-state index in [2.05, 4.69) is 68.0 Å². The number of anilines is 4. The molecule has 0 amide bonds. The Morgan fingerprint density at radius 3 is 1.56 bits per heavy atom. The lowest BCUT2D eigenvalue weighted by Gasteiger charge is -2.35. The Balaban J connectivity index is 0.738. The van der Waals surface area contributed by atoms with Gasteiger partial charge in [-0.25, -0.2) is 38.4 Å². The average molecular weight is 1490 g/mol. The van der Waals surface area contributed by atoms with Gasteiger partial charge in [0.25, 0.3) is 62.3 Å². The molecule has 0 saturated carbocycles. The lowest BCUT2D eigenvalue weighted by molar-refractivity contribution is -0.716. The van der Waals surface area contributed by atoms with E-state index in [1.807, 2.05) is 0 Å². The molecule has 51 nitrogen and oxygen atoms in total. The number of fused-ring (bicyclic) bond motifs is 4. The van der Waals surface area contributed by atoms with E-state index >= 15 is 0 Å². The van der Waals surface area contributed by atoms with Crippen LogP contribution in [-0.2, 0) is 82.3 Å². The van der Waals surface area contributed by atoms with Crippen molar-refractivity contribution in [2.24, 2.45) is 0 Å². The molecule has 534 valence electrons. The molecule has 7 aromatic rings. The fourth-order valence-corrected chi connectivity index (χ4v) is 16.3. The number of aromatic amines is 3. The van der Waals surface area contributed by atoms with Crippen molar-refractivity contribution in [3.63, 3.8) is 0 Å². The van der Waals surface area contributed by atoms with Crippen LogP contribution in [0, 0.1) is 0 Å². The largest absolute Gasteiger partial charge is 0.756 e. The van der Waals surface area contributed by atoms with Gasteiger partial charge >= 0.3 is 17.3 Å². The van der Waals surface area contributed by atoms with E-state index in [1.165, 1.54) is 13.4 Å². The van der Waals surface area contributed by atoms with Crippen molar-refractivity contribution in [2.45, 2.75) is 98.2 Å². The highest BCUT2D eigenvalue weighted by Crippen LogP contribution is 2.63. The van der Waals surface area contributed by atoms with Gasteiger partial charge in [-0.05, 0) is 0 Å². The van der Waals surface area contributed by atoms with Crippen LogP contribution >= 0.6 is 39.1 Å². The number of hydrogen-bond donors (Lipinski definition) is 13. The highest BCUT2D eigenvalue weighted by atomic mass is 31.3. The number of aliphatic hydroxyl groups is 5. The summed E-state index contributed by atoms with van der Waals surface area (Å²) in [6, 6.07) is 0. The molecule has 22 atom stereocenters. The third-order valence-electron chi connectivity index (χ3n) is 15.3. The number of quaternary nitrogens is 1. The number of nitrogens with two attached hydrogens (primary N) is 4. The van der Waals surface area contributed by atoms with Crippen molar-refractivity contribution < 1.29 is 142 Å². The molecule has 98 heavy (non-hydrogen) atoms. The van der Waals surface area contributed by atoms with Crippen molar-refractivity contribution in [1.82, 2.24) is 68.5 Å². The van der Waals surface area contributed by atoms with Crippen LogP contribution in [0.3, 0.4) is 0 Å². The van der Waals surface area contributed by atoms with Crippen LogP contribution in [0.4, 0.5) is 35.2 Å². The molecule has 0 aliphatic carbocycles. The predicted octanol–water partition coefficient (Wildman–Crippen LogP) is -10.5. The number of nitrogens with zero attached hydrogens (tertiary/aromatic N) is 12. The Hall–Kier alpha value is -6.81. The molecular formula is C42H52N20O31P5-3. The van der Waals surface area contributed by atoms with Gasteiger partial charge in [-0.2, -0.15) is 9.97 Å². The zero-order valence-electron chi connectivity index (χ0n) is 49.2. The number of phosphoric acid groups is 5. The maximum atomic E-state index is 14.2. The van der Waals surface area contributed by atoms with E-state index in [-0.39, 0.29) is 57.2 Å². The third-order valence-corrected chi connectivity index (χ3v) is 21.4. The summed E-state index contributed by atoms with van der Waals surface area (Å²) in [6.07, 6.45) is -25.6. The average Bonchev–Trinajstić information content (AvgIpc) is 1.64. The number of rotatable bonds is 25. The number of nitrogen functional groups attached to an aromatic ring is 4. The van der Waals surface area contributed by atoms with Crippen LogP contribution in [0.1, 0.15) is 18.7 Å². The third kappa shape index (κ3) is 14.1. The smallest absolute Gasteiger partial charge is 0.401 e. The van der Waals surface area contributed by atoms with Crippen LogP contribution in [0.25, 0.3) is 33.5 Å². The molecule has 12 heterocycles. The number of ether oxygens (including phenoxy) is 5. The normalized spacial score (nSPS) is 31.9. The quantitative estimate of drug-likeness (QED) is 0.0187. The van der Waals surface area contributed by atoms with Gasteiger partial charge in [0.05, 0.1) is 52.5 Å². The van der Waals surface area contributed by atoms with Gasteiger partial charge in [-0.1, -0.05) is 0 Å². The minimum atomic E-state index is -6.73. The van der Waals surface area contributed by atoms with Gasteiger partial charge in [0.15, 0.2) is 52.5 Å². The number of phosphoric ester groups is 4. The van der Waals surface area contributed by atoms with Gasteiger partial charge in [0.1, 0.15) is 85.1 Å². The molecule has 0 spiro atoms. The second-order valence-electron chi connectivity index (χ2n) is 21.6. The Labute approximate surface area is 541 Å². The number of nitrogens with one attached hydrogen (secondary N) is 4. The zero-order valence-corrected chi connectivity index (χ0v) is 53.7. The summed E-state index contributed by atoms with van der Waals surface area (Å²) in [6.45, 7) is -5.41. The molecule has 0 aromatic carbocycles. The van der Waals surface area contributed by atoms with Gasteiger partial charge in [0, 0.05) is 12.1 Å². The summed E-state index contributed by atoms with van der Waals surface area (Å²) >= 11 is 0. The summed E-state index contributed by atoms with van der Waals surface area (Å²) < 4.78 is 138. The summed E-state index contributed by atoms with van der Waals surface area (Å²) in [7, 11) is -29.1. The molecular weight excluding hydrogens is 1440 g/mol. The van der Waals surface area contributed by atoms with Crippen LogP contribution in [0.2, 0.25) is 0 Å². The number of aromatic nitrogens is 14. The Morgan fingerprint density at radius 2 is 0.980 bits per heavy atom. The number of hydrogen-bond acceptors (Lipinski definition) is 43. The van der Waals surface area contributed by atoms with Crippen molar-refractivity contribution in [1.29, 1.82) is 0 Å². The zero-order chi connectivity index (χ0) is 70.6. The maximum Gasteiger partial charge on any atom is 0.401 e. The Bertz CT molecular complexity index is 4710. The second kappa shape index (κ2) is 26.6. The Morgan fingerprint density at radius 1 is 0.531 bits per heavy atom. The van der Waals surface area contributed by atoms with E-state index in [9.17, 15) is 87.2 Å². The molecule has 0 bridgehead atoms. The van der Waals surface area contributed by atoms with Gasteiger partial charge in [0.2, 0.25) is 18.1 Å². The fraction of sp³-hybridized carbons (Fsp3) is 0.524. The molecule has 5 aliphatic rings. The monoisotopic (exact) mass is 1490 g/mol. The van der Waals surface area contributed by atoms with Gasteiger partial charge in [-0.15, -0.1) is 4.58 Å². The lowest BCUT2D eigenvalue weighted by Crippen LogP contribution is -3.03. The highest BCUT2D eigenvalue weighted by Gasteiger charge is 2.55. The molecule has 4 fully saturated rings. The van der Waals surface area contributed by atoms with E-state index in [1.54, 1.807) is 0 Å². The van der Waals surface area contributed by atoms with Crippen LogP contribution in [0.15, 0.2) is 39.7 Å². The summed E-state index contributed by atoms with van der Waals surface area (Å²) in [5, 5.41) is 55.2. The second-order valence-corrected chi connectivity index (χ2v) is 28.9. The Kier molecular flexibility index (Phi) is 19.3. The first-order valence-electron chi connectivity index (χ1n) is 27.7. The van der Waals surface area contributed by atoms with E-state index in [0.717, 1.165) is 50.7 Å². The number of aliphatic hydroxyl groups excluding tert-OH is 5. The summed E-state index contributed by atoms with van der Waals surface area (Å²) in [4.78, 5) is 143. The predicted molar refractivity (Wildman–Crippen MR) is 302 cm³/mol. The van der Waals surface area contributed by atoms with Crippen molar-refractivity contribution >= 4 is 114 Å². The van der Waals surface area contributed by atoms with E-state index < -0.39 is 192 Å². The molecule has 4 saturated heterocycles. The molecule has 0 radical (unpaired) electrons. The minimum absolute atomic E-state index is 0.00103. The topological polar surface area (TPSA) is 750 Å². The molecule has 12 rings (SSSR count). The van der Waals surface area contributed by atoms with Gasteiger partial charge < -0.3 is 124 Å². The summed E-state index contributed by atoms with van der Waals surface area (Å²) in [5.41, 5.74) is 19.2. The molecule has 17 N–H and O–H groups in total. The fourth-order valence-electron chi connectivity index (χ4n) is 11.0. The molecule has 5 aliphatic heterocycles. The van der Waals surface area contributed by atoms with Crippen LogP contribution in [0.5, 0.6) is 0 Å². The number of H-pyrrole nitrogens is 3. The molecule has 9 unspecified atom stereocenters. The minimum Gasteiger partial charge on any atom is -0.756 e. The summed E-state index contributed by atoms with van der Waals surface area (Å²) in [5.74, 6) is -1.52. The first-order chi connectivity index (χ1) is 46.0. The molecule has 7 aromatic heterocycles. The number of methoxy groups -OCH3 is 1. The van der Waals surface area contributed by atoms with E-state index in [4.69, 9.17) is 69.2 Å². The number of imidazole rings is 3. The first kappa shape index (κ1) is 71.0. The van der Waals surface area contributed by atoms with Crippen LogP contribution in [-0.4, -0.2) is 225 Å². The van der Waals surface area contributed by atoms with Gasteiger partial charge in [-0.3, -0.25) is 65.9 Å². The van der Waals surface area contributed by atoms with Crippen LogP contribution < -0.4 is 69.0 Å². The van der Waals surface area contributed by atoms with Crippen molar-refractivity contribution in [2.75, 3.05) is 63.5 Å². The first-order valence-corrected chi connectivity index (χ1v) is 35.1. The van der Waals surface area contributed by atoms with E-state index in [0.29, 0.717) is 4.90 Å². The molecule has 56 heteroatoms. The lowest BCUT2D eigenvalue weighted by atomic mass is 10.1. The van der Waals surface area contributed by atoms with Crippen molar-refractivity contribution in [3.05, 3.63) is 56.4 Å². The standard InChI is InChI=1S/C42H55N20O31P5/c1-58-11-62(32-19(58)35(70)57-42(46)54-32)37-23(66)21(64)13(87-37)4-84-96(75,76)92-98(79,80)93-97(77,78)85-6-15-26(27(81-2)39(89-15)61-10-51-18-31(61)53-41(45)56-34(18)69)91-95(73,74)83-5-14-25(24(67)38(88-14)59-8-49-16-28(43)47-7-48-29(16)59)90-94(71,72)82-3-12-20(63)22(65)36(86-12)60-9-50-17-30(60)52-40(44)55-33(17)68/h7-15,20-27,36-39,63-67H,3-6H2,1-2H3,(H15-,43,44,45,46,47,48,52,53,54,55,56,57,68,69,70,71,72,73,74,75,76,77,78,79,80)/p-3/t12?,13-,14?,15?,20-,21-,22-,23-,24-,25-,26-,27-,36-,37-,38-,39-/m1/s1. The van der Waals surface area contributed by atoms with Crippen molar-refractivity contribution in [3.8, 4) is 0 Å². The SMILES string of the molecule is CO[C@@H]1[C@H](OP(=O)([O-])OCC2O[C@@H](n3cnc4c(N)ncnc43)[C@H](O)[C@@H]2OP(=O)([O-])OCC2O[C@@H](n3cnc4c(=O)[nH]c(N)nc43)[C@H](O)[C@@H]2O)C(COP(=O)([O-])OP(=O)([O-])OP(=O)([O-])OC[C@H]2O[C@@H]([N+]3=C[NH+](C)c4c3nc(N)[nH]c4=O)[C@H](O)[C@@H]2O)O[C@H]1n1cnc2c(=O)[nH]c(N)nc21. The highest BCUT2D eigenvalue weighted by molar-refractivity contribution is 7.65. The maximum absolute atomic E-state index is 14.2.